The first kappa shape index (κ1) is 19.6. The maximum atomic E-state index is 10.7. The fourth-order valence-corrected chi connectivity index (χ4v) is 2.37. The number of hydrogen-bond donors (Lipinski definition) is 1. The number of nitrogens with two attached hydrogens (primary N) is 1. The Morgan fingerprint density at radius 1 is 1.23 bits per heavy atom. The van der Waals surface area contributed by atoms with Gasteiger partial charge >= 0.3 is 0 Å². The van der Waals surface area contributed by atoms with Crippen molar-refractivity contribution in [1.82, 2.24) is 9.78 Å². The lowest BCUT2D eigenvalue weighted by molar-refractivity contribution is -0.384. The third kappa shape index (κ3) is 4.65. The van der Waals surface area contributed by atoms with Gasteiger partial charge in [-0.15, -0.1) is 5.11 Å². The molecule has 8 heteroatoms. The average Bonchev–Trinajstić information content (AvgIpc) is 2.87. The SMILES string of the molecule is CC(C)CCn1nc(C(C)(C)C)c(N=Nc2ccc([N+](=O)[O-])cc2)c1N. The summed E-state index contributed by atoms with van der Waals surface area (Å²) in [6.07, 6.45) is 0.967. The largest absolute Gasteiger partial charge is 0.382 e. The number of anilines is 1. The first-order valence-corrected chi connectivity index (χ1v) is 8.62. The summed E-state index contributed by atoms with van der Waals surface area (Å²) in [5.74, 6) is 1.03. The van der Waals surface area contributed by atoms with Crippen LogP contribution < -0.4 is 5.73 Å². The van der Waals surface area contributed by atoms with Crippen molar-refractivity contribution in [2.45, 2.75) is 53.0 Å². The highest BCUT2D eigenvalue weighted by molar-refractivity contribution is 5.63. The number of rotatable bonds is 6. The lowest BCUT2D eigenvalue weighted by atomic mass is 9.91. The number of nitrogens with zero attached hydrogens (tertiary/aromatic N) is 5. The van der Waals surface area contributed by atoms with Gasteiger partial charge < -0.3 is 5.73 Å². The zero-order valence-corrected chi connectivity index (χ0v) is 15.9. The Labute approximate surface area is 153 Å². The van der Waals surface area contributed by atoms with Crippen molar-refractivity contribution in [2.24, 2.45) is 16.1 Å². The summed E-state index contributed by atoms with van der Waals surface area (Å²) in [5, 5.41) is 23.9. The van der Waals surface area contributed by atoms with E-state index in [0.717, 1.165) is 18.7 Å². The van der Waals surface area contributed by atoms with Gasteiger partial charge in [0.15, 0.2) is 5.69 Å². The molecule has 0 atom stereocenters. The molecule has 1 aromatic carbocycles. The van der Waals surface area contributed by atoms with Crippen LogP contribution in [0.15, 0.2) is 34.5 Å². The van der Waals surface area contributed by atoms with Gasteiger partial charge in [-0.2, -0.15) is 10.2 Å². The van der Waals surface area contributed by atoms with E-state index in [4.69, 9.17) is 5.73 Å². The van der Waals surface area contributed by atoms with Crippen molar-refractivity contribution in [1.29, 1.82) is 0 Å². The molecule has 140 valence electrons. The van der Waals surface area contributed by atoms with Gasteiger partial charge in [-0.1, -0.05) is 34.6 Å². The van der Waals surface area contributed by atoms with Crippen molar-refractivity contribution in [3.05, 3.63) is 40.1 Å². The van der Waals surface area contributed by atoms with Gasteiger partial charge in [-0.05, 0) is 24.5 Å². The molecule has 0 fully saturated rings. The molecular formula is C18H26N6O2. The van der Waals surface area contributed by atoms with Crippen LogP contribution in [0.4, 0.5) is 22.9 Å². The minimum atomic E-state index is -0.449. The van der Waals surface area contributed by atoms with E-state index < -0.39 is 4.92 Å². The maximum absolute atomic E-state index is 10.7. The molecule has 2 N–H and O–H groups in total. The van der Waals surface area contributed by atoms with Gasteiger partial charge in [0.1, 0.15) is 5.82 Å². The Morgan fingerprint density at radius 3 is 2.35 bits per heavy atom. The van der Waals surface area contributed by atoms with Crippen LogP contribution in [0.2, 0.25) is 0 Å². The van der Waals surface area contributed by atoms with Crippen LogP contribution in [0.5, 0.6) is 0 Å². The molecule has 0 radical (unpaired) electrons. The van der Waals surface area contributed by atoms with E-state index in [1.54, 1.807) is 16.8 Å². The highest BCUT2D eigenvalue weighted by Gasteiger charge is 2.26. The van der Waals surface area contributed by atoms with Gasteiger partial charge in [-0.25, -0.2) is 4.68 Å². The summed E-state index contributed by atoms with van der Waals surface area (Å²) in [7, 11) is 0. The van der Waals surface area contributed by atoms with E-state index in [1.165, 1.54) is 12.1 Å². The summed E-state index contributed by atoms with van der Waals surface area (Å²) >= 11 is 0. The van der Waals surface area contributed by atoms with Gasteiger partial charge in [-0.3, -0.25) is 10.1 Å². The molecule has 1 aromatic heterocycles. The second kappa shape index (κ2) is 7.63. The van der Waals surface area contributed by atoms with Crippen molar-refractivity contribution in [3.63, 3.8) is 0 Å². The molecule has 0 unspecified atom stereocenters. The summed E-state index contributed by atoms with van der Waals surface area (Å²) < 4.78 is 1.78. The number of aryl methyl sites for hydroxylation is 1. The second-order valence-corrected chi connectivity index (χ2v) is 7.71. The number of azo groups is 1. The lowest BCUT2D eigenvalue weighted by Crippen LogP contribution is -2.13. The molecule has 0 aliphatic heterocycles. The smallest absolute Gasteiger partial charge is 0.269 e. The minimum absolute atomic E-state index is 0.0142. The van der Waals surface area contributed by atoms with Crippen LogP contribution in [0, 0.1) is 16.0 Å². The van der Waals surface area contributed by atoms with Gasteiger partial charge in [0.05, 0.1) is 16.3 Å². The number of nitro benzene ring substituents is 1. The zero-order chi connectivity index (χ0) is 19.5. The van der Waals surface area contributed by atoms with Crippen LogP contribution in [0.1, 0.15) is 46.7 Å². The van der Waals surface area contributed by atoms with Gasteiger partial charge in [0.25, 0.3) is 5.69 Å². The molecule has 2 aromatic rings. The summed E-state index contributed by atoms with van der Waals surface area (Å²) in [5.41, 5.74) is 7.91. The van der Waals surface area contributed by atoms with Crippen LogP contribution in [-0.2, 0) is 12.0 Å². The molecule has 0 aliphatic rings. The summed E-state index contributed by atoms with van der Waals surface area (Å²) in [6.45, 7) is 11.2. The van der Waals surface area contributed by atoms with Crippen LogP contribution in [0.3, 0.4) is 0 Å². The van der Waals surface area contributed by atoms with Gasteiger partial charge in [0.2, 0.25) is 0 Å². The topological polar surface area (TPSA) is 112 Å². The second-order valence-electron chi connectivity index (χ2n) is 7.71. The Morgan fingerprint density at radius 2 is 1.85 bits per heavy atom. The first-order valence-electron chi connectivity index (χ1n) is 8.62. The standard InChI is InChI=1S/C18H26N6O2/c1-12(2)10-11-23-17(19)15(16(22-23)18(3,4)5)21-20-13-6-8-14(9-7-13)24(25)26/h6-9,12H,10-11,19H2,1-5H3. The summed E-state index contributed by atoms with van der Waals surface area (Å²) in [4.78, 5) is 10.3. The van der Waals surface area contributed by atoms with Gasteiger partial charge in [0, 0.05) is 24.1 Å². The van der Waals surface area contributed by atoms with E-state index in [2.05, 4.69) is 29.2 Å². The molecule has 2 rings (SSSR count). The molecule has 8 nitrogen and oxygen atoms in total. The molecule has 0 amide bonds. The van der Waals surface area contributed by atoms with E-state index in [-0.39, 0.29) is 11.1 Å². The number of aromatic nitrogens is 2. The van der Waals surface area contributed by atoms with E-state index >= 15 is 0 Å². The van der Waals surface area contributed by atoms with E-state index in [9.17, 15) is 10.1 Å². The molecule has 0 saturated carbocycles. The average molecular weight is 358 g/mol. The predicted octanol–water partition coefficient (Wildman–Crippen LogP) is 5.13. The monoisotopic (exact) mass is 358 g/mol. The predicted molar refractivity (Wildman–Crippen MR) is 102 cm³/mol. The fourth-order valence-electron chi connectivity index (χ4n) is 2.37. The molecule has 0 aliphatic carbocycles. The van der Waals surface area contributed by atoms with Crippen molar-refractivity contribution in [3.8, 4) is 0 Å². The molecular weight excluding hydrogens is 332 g/mol. The number of hydrogen-bond acceptors (Lipinski definition) is 6. The Balaban J connectivity index is 2.35. The maximum Gasteiger partial charge on any atom is 0.269 e. The van der Waals surface area contributed by atoms with Crippen molar-refractivity contribution in [2.75, 3.05) is 5.73 Å². The van der Waals surface area contributed by atoms with Crippen LogP contribution in [0.25, 0.3) is 0 Å². The number of non-ortho nitro benzene ring substituents is 1. The number of nitro groups is 1. The molecule has 0 spiro atoms. The third-order valence-electron chi connectivity index (χ3n) is 3.92. The first-order chi connectivity index (χ1) is 12.1. The number of nitrogen functional groups attached to an aromatic ring is 1. The fraction of sp³-hybridized carbons (Fsp3) is 0.500. The molecule has 26 heavy (non-hydrogen) atoms. The Hall–Kier alpha value is -2.77. The van der Waals surface area contributed by atoms with Crippen molar-refractivity contribution < 1.29 is 4.92 Å². The van der Waals surface area contributed by atoms with Crippen molar-refractivity contribution >= 4 is 22.9 Å². The zero-order valence-electron chi connectivity index (χ0n) is 15.9. The molecule has 1 heterocycles. The molecule has 0 bridgehead atoms. The van der Waals surface area contributed by atoms with Crippen LogP contribution >= 0.6 is 0 Å². The van der Waals surface area contributed by atoms with E-state index in [0.29, 0.717) is 23.1 Å². The van der Waals surface area contributed by atoms with Crippen LogP contribution in [-0.4, -0.2) is 14.7 Å². The normalized spacial score (nSPS) is 12.2. The summed E-state index contributed by atoms with van der Waals surface area (Å²) in [6, 6.07) is 5.90. The number of benzene rings is 1. The van der Waals surface area contributed by atoms with E-state index in [1.807, 2.05) is 20.8 Å². The Kier molecular flexibility index (Phi) is 5.74. The quantitative estimate of drug-likeness (QED) is 0.438. The highest BCUT2D eigenvalue weighted by atomic mass is 16.6. The highest BCUT2D eigenvalue weighted by Crippen LogP contribution is 2.36. The Bertz CT molecular complexity index is 800. The molecule has 0 saturated heterocycles. The third-order valence-corrected chi connectivity index (χ3v) is 3.92. The lowest BCUT2D eigenvalue weighted by Gasteiger charge is -2.15. The minimum Gasteiger partial charge on any atom is -0.382 e.